The van der Waals surface area contributed by atoms with Crippen molar-refractivity contribution in [2.24, 2.45) is 0 Å². The van der Waals surface area contributed by atoms with Gasteiger partial charge in [0.15, 0.2) is 0 Å². The molecule has 0 saturated heterocycles. The fraction of sp³-hybridized carbons (Fsp3) is 0.387. The Morgan fingerprint density at radius 1 is 0.868 bits per heavy atom. The van der Waals surface area contributed by atoms with Crippen molar-refractivity contribution >= 4 is 11.7 Å². The van der Waals surface area contributed by atoms with E-state index in [0.29, 0.717) is 18.0 Å². The van der Waals surface area contributed by atoms with Crippen LogP contribution >= 0.6 is 0 Å². The molecule has 0 atom stereocenters. The largest absolute Gasteiger partial charge is 0.457 e. The number of carbonyl (C=O) groups excluding carboxylic acids is 1. The number of ether oxygens (including phenoxy) is 1. The summed E-state index contributed by atoms with van der Waals surface area (Å²) in [5.74, 6) is 0.846. The van der Waals surface area contributed by atoms with Gasteiger partial charge in [-0.15, -0.1) is 0 Å². The normalized spacial score (nSPS) is 14.6. The van der Waals surface area contributed by atoms with Crippen molar-refractivity contribution in [2.45, 2.75) is 78.1 Å². The molecule has 0 heterocycles. The Balaban J connectivity index is 1.49. The Kier molecular flexibility index (Phi) is 8.65. The third kappa shape index (κ3) is 7.09. The minimum Gasteiger partial charge on any atom is -0.457 e. The van der Waals surface area contributed by atoms with Gasteiger partial charge in [-0.05, 0) is 86.7 Å². The predicted molar refractivity (Wildman–Crippen MR) is 145 cm³/mol. The predicted octanol–water partition coefficient (Wildman–Crippen LogP) is 9.18. The van der Waals surface area contributed by atoms with Crippen LogP contribution in [0.4, 0.5) is 23.7 Å². The zero-order chi connectivity index (χ0) is 27.3. The third-order valence-electron chi connectivity index (χ3n) is 7.13. The fourth-order valence-electron chi connectivity index (χ4n) is 5.20. The number of rotatable bonds is 6. The maximum Gasteiger partial charge on any atom is 0.416 e. The van der Waals surface area contributed by atoms with Gasteiger partial charge in [0, 0.05) is 18.3 Å². The molecule has 1 N–H and O–H groups in total. The summed E-state index contributed by atoms with van der Waals surface area (Å²) in [5, 5.41) is 3.19. The van der Waals surface area contributed by atoms with Crippen molar-refractivity contribution in [3.8, 4) is 11.5 Å². The number of amides is 2. The number of halogens is 3. The number of benzene rings is 3. The lowest BCUT2D eigenvalue weighted by Crippen LogP contribution is -2.42. The van der Waals surface area contributed by atoms with Gasteiger partial charge in [-0.3, -0.25) is 0 Å². The smallest absolute Gasteiger partial charge is 0.416 e. The van der Waals surface area contributed by atoms with Gasteiger partial charge >= 0.3 is 12.2 Å². The van der Waals surface area contributed by atoms with Crippen LogP contribution in [0.25, 0.3) is 0 Å². The zero-order valence-corrected chi connectivity index (χ0v) is 22.2. The van der Waals surface area contributed by atoms with Crippen LogP contribution in [0.3, 0.4) is 0 Å². The number of hydrogen-bond acceptors (Lipinski definition) is 2. The summed E-state index contributed by atoms with van der Waals surface area (Å²) in [6, 6.07) is 16.2. The minimum absolute atomic E-state index is 0.1000. The van der Waals surface area contributed by atoms with Gasteiger partial charge < -0.3 is 15.0 Å². The Morgan fingerprint density at radius 3 is 1.92 bits per heavy atom. The first-order valence-corrected chi connectivity index (χ1v) is 13.2. The second-order valence-corrected chi connectivity index (χ2v) is 10.2. The van der Waals surface area contributed by atoms with Crippen LogP contribution in [0, 0.1) is 20.8 Å². The Hall–Kier alpha value is -3.48. The number of nitrogens with one attached hydrogen (secondary N) is 1. The second-order valence-electron chi connectivity index (χ2n) is 10.2. The van der Waals surface area contributed by atoms with E-state index >= 15 is 0 Å². The SMILES string of the molecule is Cc1cc(C)c(NC(=O)N(Cc2ccc(Oc3ccc(C(F)(F)F)cc3)cc2)C2CCCCCC2)c(C)c1. The topological polar surface area (TPSA) is 41.6 Å². The average Bonchev–Trinajstić information content (AvgIpc) is 3.15. The van der Waals surface area contributed by atoms with Gasteiger partial charge in [-0.1, -0.05) is 55.5 Å². The van der Waals surface area contributed by atoms with E-state index in [-0.39, 0.29) is 12.1 Å². The highest BCUT2D eigenvalue weighted by atomic mass is 19.4. The van der Waals surface area contributed by atoms with E-state index in [9.17, 15) is 18.0 Å². The molecule has 7 heteroatoms. The highest BCUT2D eigenvalue weighted by Crippen LogP contribution is 2.32. The molecule has 0 unspecified atom stereocenters. The molecule has 4 nitrogen and oxygen atoms in total. The first-order chi connectivity index (χ1) is 18.1. The van der Waals surface area contributed by atoms with E-state index in [1.54, 1.807) is 12.1 Å². The Morgan fingerprint density at radius 2 is 1.39 bits per heavy atom. The van der Waals surface area contributed by atoms with Gasteiger partial charge in [-0.25, -0.2) is 4.79 Å². The second kappa shape index (κ2) is 11.9. The molecule has 1 aliphatic carbocycles. The van der Waals surface area contributed by atoms with Crippen molar-refractivity contribution in [1.29, 1.82) is 0 Å². The van der Waals surface area contributed by atoms with Crippen LogP contribution in [0.5, 0.6) is 11.5 Å². The molecule has 0 radical (unpaired) electrons. The lowest BCUT2D eigenvalue weighted by atomic mass is 10.0. The zero-order valence-electron chi connectivity index (χ0n) is 22.2. The van der Waals surface area contributed by atoms with Crippen molar-refractivity contribution in [2.75, 3.05) is 5.32 Å². The van der Waals surface area contributed by atoms with Gasteiger partial charge in [-0.2, -0.15) is 13.2 Å². The van der Waals surface area contributed by atoms with Crippen molar-refractivity contribution in [1.82, 2.24) is 4.90 Å². The third-order valence-corrected chi connectivity index (χ3v) is 7.13. The highest BCUT2D eigenvalue weighted by Gasteiger charge is 2.30. The molecule has 4 rings (SSSR count). The molecule has 1 saturated carbocycles. The van der Waals surface area contributed by atoms with E-state index in [2.05, 4.69) is 17.4 Å². The van der Waals surface area contributed by atoms with Crippen LogP contribution in [0.1, 0.15) is 66.3 Å². The molecule has 3 aromatic carbocycles. The van der Waals surface area contributed by atoms with E-state index in [1.807, 2.05) is 37.8 Å². The number of aryl methyl sites for hydroxylation is 3. The molecular weight excluding hydrogens is 489 g/mol. The van der Waals surface area contributed by atoms with Crippen LogP contribution in [0.15, 0.2) is 60.7 Å². The summed E-state index contributed by atoms with van der Waals surface area (Å²) in [4.78, 5) is 15.6. The number of anilines is 1. The van der Waals surface area contributed by atoms with E-state index in [1.165, 1.54) is 25.0 Å². The summed E-state index contributed by atoms with van der Waals surface area (Å²) in [6.07, 6.45) is 2.18. The van der Waals surface area contributed by atoms with Crippen LogP contribution in [0.2, 0.25) is 0 Å². The molecule has 0 aliphatic heterocycles. The van der Waals surface area contributed by atoms with Crippen molar-refractivity contribution in [3.63, 3.8) is 0 Å². The van der Waals surface area contributed by atoms with Gasteiger partial charge in [0.1, 0.15) is 11.5 Å². The van der Waals surface area contributed by atoms with Gasteiger partial charge in [0.05, 0.1) is 5.56 Å². The molecule has 1 fully saturated rings. The molecule has 0 spiro atoms. The molecule has 1 aliphatic rings. The van der Waals surface area contributed by atoms with Crippen LogP contribution < -0.4 is 10.1 Å². The monoisotopic (exact) mass is 524 g/mol. The van der Waals surface area contributed by atoms with Crippen LogP contribution in [-0.4, -0.2) is 17.0 Å². The first-order valence-electron chi connectivity index (χ1n) is 13.2. The van der Waals surface area contributed by atoms with Crippen LogP contribution in [-0.2, 0) is 12.7 Å². The first kappa shape index (κ1) is 27.6. The maximum atomic E-state index is 13.6. The highest BCUT2D eigenvalue weighted by molar-refractivity contribution is 5.91. The van der Waals surface area contributed by atoms with E-state index < -0.39 is 11.7 Å². The molecule has 2 amide bonds. The molecule has 0 bridgehead atoms. The number of urea groups is 1. The van der Waals surface area contributed by atoms with Gasteiger partial charge in [0.2, 0.25) is 0 Å². The van der Waals surface area contributed by atoms with Crippen molar-refractivity contribution < 1.29 is 22.7 Å². The summed E-state index contributed by atoms with van der Waals surface area (Å²) >= 11 is 0. The molecular formula is C31H35F3N2O2. The maximum absolute atomic E-state index is 13.6. The summed E-state index contributed by atoms with van der Waals surface area (Å²) in [5.41, 5.74) is 4.36. The Labute approximate surface area is 222 Å². The van der Waals surface area contributed by atoms with E-state index in [4.69, 9.17) is 4.74 Å². The summed E-state index contributed by atoms with van der Waals surface area (Å²) in [7, 11) is 0. The minimum atomic E-state index is -4.38. The van der Waals surface area contributed by atoms with E-state index in [0.717, 1.165) is 65.8 Å². The number of nitrogens with zero attached hydrogens (tertiary/aromatic N) is 1. The summed E-state index contributed by atoms with van der Waals surface area (Å²) in [6.45, 7) is 6.54. The molecule has 202 valence electrons. The number of hydrogen-bond donors (Lipinski definition) is 1. The van der Waals surface area contributed by atoms with Crippen molar-refractivity contribution in [3.05, 3.63) is 88.5 Å². The fourth-order valence-corrected chi connectivity index (χ4v) is 5.20. The molecule has 3 aromatic rings. The Bertz CT molecular complexity index is 1210. The lowest BCUT2D eigenvalue weighted by molar-refractivity contribution is -0.137. The molecule has 38 heavy (non-hydrogen) atoms. The summed E-state index contributed by atoms with van der Waals surface area (Å²) < 4.78 is 44.2. The number of alkyl halides is 3. The quantitative estimate of drug-likeness (QED) is 0.327. The lowest BCUT2D eigenvalue weighted by Gasteiger charge is -2.32. The van der Waals surface area contributed by atoms with Gasteiger partial charge in [0.25, 0.3) is 0 Å². The average molecular weight is 525 g/mol. The molecule has 0 aromatic heterocycles. The number of carbonyl (C=O) groups is 1. The standard InChI is InChI=1S/C31H35F3N2O2/c1-21-18-22(2)29(23(3)19-21)35-30(37)36(26-8-6-4-5-7-9-26)20-24-10-14-27(15-11-24)38-28-16-12-25(13-17-28)31(32,33)34/h10-19,26H,4-9,20H2,1-3H3,(H,35,37).